The number of carbonyl (C=O) groups excluding carboxylic acids is 1. The van der Waals surface area contributed by atoms with E-state index in [9.17, 15) is 4.79 Å². The van der Waals surface area contributed by atoms with Crippen LogP contribution in [0.25, 0.3) is 0 Å². The van der Waals surface area contributed by atoms with E-state index < -0.39 is 6.10 Å². The molecular formula is C18H20ClNO2. The first-order chi connectivity index (χ1) is 10.5. The molecule has 0 fully saturated rings. The first-order valence-corrected chi connectivity index (χ1v) is 7.60. The fourth-order valence-electron chi connectivity index (χ4n) is 2.14. The number of benzene rings is 2. The Morgan fingerprint density at radius 2 is 1.95 bits per heavy atom. The van der Waals surface area contributed by atoms with Crippen molar-refractivity contribution >= 4 is 17.5 Å². The molecule has 0 radical (unpaired) electrons. The van der Waals surface area contributed by atoms with Crippen molar-refractivity contribution in [3.8, 4) is 5.75 Å². The molecule has 1 N–H and O–H groups in total. The lowest BCUT2D eigenvalue weighted by Crippen LogP contribution is -2.36. The Balaban J connectivity index is 1.93. The Hall–Kier alpha value is -2.00. The second-order valence-corrected chi connectivity index (χ2v) is 5.75. The molecule has 0 heterocycles. The summed E-state index contributed by atoms with van der Waals surface area (Å²) < 4.78 is 5.74. The number of ether oxygens (including phenoxy) is 1. The Bertz CT molecular complexity index is 670. The number of nitrogens with one attached hydrogen (secondary N) is 1. The zero-order valence-electron chi connectivity index (χ0n) is 13.0. The van der Waals surface area contributed by atoms with E-state index in [4.69, 9.17) is 16.3 Å². The molecular weight excluding hydrogens is 298 g/mol. The summed E-state index contributed by atoms with van der Waals surface area (Å²) in [7, 11) is 0. The molecule has 0 aliphatic heterocycles. The van der Waals surface area contributed by atoms with Gasteiger partial charge in [0.05, 0.1) is 0 Å². The van der Waals surface area contributed by atoms with Gasteiger partial charge in [-0.15, -0.1) is 0 Å². The molecule has 0 bridgehead atoms. The van der Waals surface area contributed by atoms with Gasteiger partial charge in [-0.2, -0.15) is 0 Å². The van der Waals surface area contributed by atoms with Gasteiger partial charge in [0.25, 0.3) is 5.91 Å². The van der Waals surface area contributed by atoms with Gasteiger partial charge < -0.3 is 10.1 Å². The molecule has 22 heavy (non-hydrogen) atoms. The number of hydrogen-bond donors (Lipinski definition) is 1. The lowest BCUT2D eigenvalue weighted by atomic mass is 10.1. The molecule has 0 saturated heterocycles. The van der Waals surface area contributed by atoms with Crippen molar-refractivity contribution in [3.63, 3.8) is 0 Å². The topological polar surface area (TPSA) is 38.3 Å². The van der Waals surface area contributed by atoms with Crippen molar-refractivity contribution < 1.29 is 9.53 Å². The van der Waals surface area contributed by atoms with E-state index in [-0.39, 0.29) is 5.91 Å². The second kappa shape index (κ2) is 7.32. The summed E-state index contributed by atoms with van der Waals surface area (Å²) in [6.07, 6.45) is -0.566. The van der Waals surface area contributed by atoms with Crippen molar-refractivity contribution in [1.29, 1.82) is 0 Å². The predicted octanol–water partition coefficient (Wildman–Crippen LogP) is 4.04. The van der Waals surface area contributed by atoms with Gasteiger partial charge in [0, 0.05) is 11.6 Å². The van der Waals surface area contributed by atoms with Crippen LogP contribution < -0.4 is 10.1 Å². The normalized spacial score (nSPS) is 11.8. The third-order valence-corrected chi connectivity index (χ3v) is 3.78. The van der Waals surface area contributed by atoms with Gasteiger partial charge in [-0.25, -0.2) is 0 Å². The van der Waals surface area contributed by atoms with Crippen molar-refractivity contribution in [2.75, 3.05) is 0 Å². The van der Waals surface area contributed by atoms with Gasteiger partial charge in [-0.1, -0.05) is 47.5 Å². The maximum absolute atomic E-state index is 12.1. The Morgan fingerprint density at radius 3 is 2.64 bits per heavy atom. The highest BCUT2D eigenvalue weighted by Gasteiger charge is 2.15. The zero-order valence-corrected chi connectivity index (χ0v) is 13.8. The van der Waals surface area contributed by atoms with Crippen LogP contribution in [0, 0.1) is 13.8 Å². The van der Waals surface area contributed by atoms with Gasteiger partial charge in [0.2, 0.25) is 0 Å². The molecule has 2 aromatic rings. The molecule has 0 aliphatic rings. The summed E-state index contributed by atoms with van der Waals surface area (Å²) in [5.41, 5.74) is 3.07. The third-order valence-electron chi connectivity index (χ3n) is 3.41. The summed E-state index contributed by atoms with van der Waals surface area (Å²) in [6.45, 7) is 6.12. The molecule has 1 atom stereocenters. The van der Waals surface area contributed by atoms with Crippen LogP contribution >= 0.6 is 11.6 Å². The number of rotatable bonds is 5. The minimum absolute atomic E-state index is 0.167. The molecule has 0 unspecified atom stereocenters. The molecule has 1 amide bonds. The van der Waals surface area contributed by atoms with E-state index in [0.717, 1.165) is 16.9 Å². The van der Waals surface area contributed by atoms with E-state index in [1.165, 1.54) is 5.56 Å². The number of amides is 1. The summed E-state index contributed by atoms with van der Waals surface area (Å²) in [6, 6.07) is 13.3. The SMILES string of the molecule is Cc1ccc(O[C@H](C)C(=O)NCc2ccccc2Cl)c(C)c1. The van der Waals surface area contributed by atoms with E-state index in [0.29, 0.717) is 11.6 Å². The fourth-order valence-corrected chi connectivity index (χ4v) is 2.35. The summed E-state index contributed by atoms with van der Waals surface area (Å²) in [4.78, 5) is 12.1. The van der Waals surface area contributed by atoms with Crippen molar-refractivity contribution in [3.05, 3.63) is 64.2 Å². The minimum Gasteiger partial charge on any atom is -0.481 e. The number of carbonyl (C=O) groups is 1. The van der Waals surface area contributed by atoms with Crippen LogP contribution in [0.1, 0.15) is 23.6 Å². The smallest absolute Gasteiger partial charge is 0.261 e. The largest absolute Gasteiger partial charge is 0.481 e. The molecule has 4 heteroatoms. The number of aryl methyl sites for hydroxylation is 2. The molecule has 2 aromatic carbocycles. The quantitative estimate of drug-likeness (QED) is 0.903. The Morgan fingerprint density at radius 1 is 1.23 bits per heavy atom. The van der Waals surface area contributed by atoms with Crippen LogP contribution in [0.3, 0.4) is 0 Å². The zero-order chi connectivity index (χ0) is 16.1. The maximum Gasteiger partial charge on any atom is 0.261 e. The highest BCUT2D eigenvalue weighted by molar-refractivity contribution is 6.31. The number of halogens is 1. The van der Waals surface area contributed by atoms with Crippen LogP contribution in [0.15, 0.2) is 42.5 Å². The van der Waals surface area contributed by atoms with Crippen LogP contribution in [0.5, 0.6) is 5.75 Å². The Labute approximate surface area is 136 Å². The molecule has 3 nitrogen and oxygen atoms in total. The van der Waals surface area contributed by atoms with Crippen LogP contribution in [0.2, 0.25) is 5.02 Å². The lowest BCUT2D eigenvalue weighted by Gasteiger charge is -2.17. The molecule has 0 aliphatic carbocycles. The van der Waals surface area contributed by atoms with Crippen molar-refractivity contribution in [2.24, 2.45) is 0 Å². The van der Waals surface area contributed by atoms with Gasteiger partial charge in [0.15, 0.2) is 6.10 Å². The van der Waals surface area contributed by atoms with Gasteiger partial charge >= 0.3 is 0 Å². The average molecular weight is 318 g/mol. The molecule has 2 rings (SSSR count). The highest BCUT2D eigenvalue weighted by Crippen LogP contribution is 2.20. The molecule has 0 saturated carbocycles. The maximum atomic E-state index is 12.1. The Kier molecular flexibility index (Phi) is 5.45. The summed E-state index contributed by atoms with van der Waals surface area (Å²) >= 11 is 6.07. The number of hydrogen-bond acceptors (Lipinski definition) is 2. The van der Waals surface area contributed by atoms with Gasteiger partial charge in [-0.05, 0) is 44.0 Å². The first-order valence-electron chi connectivity index (χ1n) is 7.22. The molecule has 0 spiro atoms. The fraction of sp³-hybridized carbons (Fsp3) is 0.278. The third kappa shape index (κ3) is 4.25. The van der Waals surface area contributed by atoms with Crippen molar-refractivity contribution in [1.82, 2.24) is 5.32 Å². The predicted molar refractivity (Wildman–Crippen MR) is 89.3 cm³/mol. The molecule has 0 aromatic heterocycles. The van der Waals surface area contributed by atoms with Crippen molar-refractivity contribution in [2.45, 2.75) is 33.4 Å². The van der Waals surface area contributed by atoms with Crippen LogP contribution in [0.4, 0.5) is 0 Å². The molecule has 116 valence electrons. The lowest BCUT2D eigenvalue weighted by molar-refractivity contribution is -0.127. The van der Waals surface area contributed by atoms with Gasteiger partial charge in [-0.3, -0.25) is 4.79 Å². The summed E-state index contributed by atoms with van der Waals surface area (Å²) in [5, 5.41) is 3.49. The van der Waals surface area contributed by atoms with E-state index >= 15 is 0 Å². The minimum atomic E-state index is -0.566. The van der Waals surface area contributed by atoms with E-state index in [2.05, 4.69) is 5.32 Å². The van der Waals surface area contributed by atoms with Crippen LogP contribution in [-0.4, -0.2) is 12.0 Å². The standard InChI is InChI=1S/C18H20ClNO2/c1-12-8-9-17(13(2)10-12)22-14(3)18(21)20-11-15-6-4-5-7-16(15)19/h4-10,14H,11H2,1-3H3,(H,20,21)/t14-/m1/s1. The van der Waals surface area contributed by atoms with E-state index in [1.807, 2.05) is 50.2 Å². The van der Waals surface area contributed by atoms with Gasteiger partial charge in [0.1, 0.15) is 5.75 Å². The highest BCUT2D eigenvalue weighted by atomic mass is 35.5. The first kappa shape index (κ1) is 16.4. The monoisotopic (exact) mass is 317 g/mol. The van der Waals surface area contributed by atoms with E-state index in [1.54, 1.807) is 13.0 Å². The van der Waals surface area contributed by atoms with Crippen LogP contribution in [-0.2, 0) is 11.3 Å². The summed E-state index contributed by atoms with van der Waals surface area (Å²) in [5.74, 6) is 0.561. The average Bonchev–Trinajstić information content (AvgIpc) is 2.49. The second-order valence-electron chi connectivity index (χ2n) is 5.34.